The van der Waals surface area contributed by atoms with E-state index >= 15 is 0 Å². The summed E-state index contributed by atoms with van der Waals surface area (Å²) < 4.78 is 5.90. The number of carbonyl (C=O) groups is 1. The number of ether oxygens (including phenoxy) is 1. The Labute approximate surface area is 131 Å². The van der Waals surface area contributed by atoms with Crippen molar-refractivity contribution in [2.75, 3.05) is 14.1 Å². The molecular weight excluding hydrogens is 274 g/mol. The molecule has 2 aromatic rings. The fourth-order valence-electron chi connectivity index (χ4n) is 3.13. The summed E-state index contributed by atoms with van der Waals surface area (Å²) in [5.41, 5.74) is 3.02. The van der Waals surface area contributed by atoms with E-state index in [2.05, 4.69) is 17.0 Å². The highest BCUT2D eigenvalue weighted by Gasteiger charge is 2.33. The SMILES string of the molecule is CN(C)[C@@H]1CCc2ccccc2[C@H]1OC(=O)c1ccccc1. The predicted octanol–water partition coefficient (Wildman–Crippen LogP) is 3.46. The smallest absolute Gasteiger partial charge is 0.338 e. The Morgan fingerprint density at radius 2 is 1.73 bits per heavy atom. The molecule has 0 spiro atoms. The lowest BCUT2D eigenvalue weighted by Gasteiger charge is -2.37. The molecule has 2 atom stereocenters. The molecule has 0 saturated heterocycles. The molecule has 0 N–H and O–H groups in total. The molecular formula is C19H21NO2. The van der Waals surface area contributed by atoms with Crippen molar-refractivity contribution in [3.63, 3.8) is 0 Å². The van der Waals surface area contributed by atoms with Crippen molar-refractivity contribution in [2.24, 2.45) is 0 Å². The Morgan fingerprint density at radius 1 is 1.05 bits per heavy atom. The number of hydrogen-bond donors (Lipinski definition) is 0. The van der Waals surface area contributed by atoms with Crippen LogP contribution in [0.25, 0.3) is 0 Å². The fraction of sp³-hybridized carbons (Fsp3) is 0.316. The van der Waals surface area contributed by atoms with E-state index in [1.165, 1.54) is 5.56 Å². The van der Waals surface area contributed by atoms with Gasteiger partial charge in [0.15, 0.2) is 0 Å². The van der Waals surface area contributed by atoms with Crippen LogP contribution in [0.1, 0.15) is 34.0 Å². The van der Waals surface area contributed by atoms with E-state index < -0.39 is 0 Å². The van der Waals surface area contributed by atoms with Gasteiger partial charge in [0.05, 0.1) is 11.6 Å². The molecule has 0 heterocycles. The van der Waals surface area contributed by atoms with E-state index in [1.807, 2.05) is 44.4 Å². The number of rotatable bonds is 3. The number of benzene rings is 2. The van der Waals surface area contributed by atoms with Crippen molar-refractivity contribution in [2.45, 2.75) is 25.0 Å². The monoisotopic (exact) mass is 295 g/mol. The molecule has 0 aromatic heterocycles. The van der Waals surface area contributed by atoms with Gasteiger partial charge in [-0.2, -0.15) is 0 Å². The molecule has 0 saturated carbocycles. The molecule has 1 aliphatic rings. The van der Waals surface area contributed by atoms with E-state index in [0.29, 0.717) is 5.56 Å². The van der Waals surface area contributed by atoms with Crippen LogP contribution in [-0.4, -0.2) is 31.0 Å². The van der Waals surface area contributed by atoms with Crippen LogP contribution in [0, 0.1) is 0 Å². The quantitative estimate of drug-likeness (QED) is 0.812. The number of hydrogen-bond acceptors (Lipinski definition) is 3. The van der Waals surface area contributed by atoms with Crippen LogP contribution in [0.15, 0.2) is 54.6 Å². The number of aryl methyl sites for hydroxylation is 1. The van der Waals surface area contributed by atoms with Crippen LogP contribution in [0.2, 0.25) is 0 Å². The lowest BCUT2D eigenvalue weighted by Crippen LogP contribution is -2.39. The average Bonchev–Trinajstić information content (AvgIpc) is 2.55. The van der Waals surface area contributed by atoms with E-state index in [4.69, 9.17) is 4.74 Å². The highest BCUT2D eigenvalue weighted by Crippen LogP contribution is 2.35. The third-order valence-corrected chi connectivity index (χ3v) is 4.33. The zero-order valence-electron chi connectivity index (χ0n) is 13.0. The summed E-state index contributed by atoms with van der Waals surface area (Å²) in [5.74, 6) is -0.255. The molecule has 3 rings (SSSR count). The second-order valence-electron chi connectivity index (χ2n) is 5.96. The van der Waals surface area contributed by atoms with Crippen LogP contribution in [0.4, 0.5) is 0 Å². The molecule has 0 amide bonds. The number of likely N-dealkylation sites (N-methyl/N-ethyl adjacent to an activating group) is 1. The van der Waals surface area contributed by atoms with Gasteiger partial charge in [0, 0.05) is 0 Å². The minimum absolute atomic E-state index is 0.211. The van der Waals surface area contributed by atoms with Crippen LogP contribution < -0.4 is 0 Å². The normalized spacial score (nSPS) is 20.5. The summed E-state index contributed by atoms with van der Waals surface area (Å²) in [6.07, 6.45) is 1.81. The Morgan fingerprint density at radius 3 is 2.45 bits per heavy atom. The molecule has 3 nitrogen and oxygen atoms in total. The minimum Gasteiger partial charge on any atom is -0.452 e. The van der Waals surface area contributed by atoms with Crippen molar-refractivity contribution in [3.8, 4) is 0 Å². The lowest BCUT2D eigenvalue weighted by atomic mass is 9.85. The third-order valence-electron chi connectivity index (χ3n) is 4.33. The molecule has 22 heavy (non-hydrogen) atoms. The maximum atomic E-state index is 12.5. The summed E-state index contributed by atoms with van der Waals surface area (Å²) in [5, 5.41) is 0. The van der Waals surface area contributed by atoms with Gasteiger partial charge in [-0.05, 0) is 50.2 Å². The maximum Gasteiger partial charge on any atom is 0.338 e. The Bertz CT molecular complexity index is 651. The van der Waals surface area contributed by atoms with E-state index in [-0.39, 0.29) is 18.1 Å². The molecule has 0 bridgehead atoms. The first kappa shape index (κ1) is 14.8. The Hall–Kier alpha value is -2.13. The van der Waals surface area contributed by atoms with Gasteiger partial charge in [-0.1, -0.05) is 42.5 Å². The topological polar surface area (TPSA) is 29.5 Å². The van der Waals surface area contributed by atoms with Gasteiger partial charge in [0.1, 0.15) is 6.10 Å². The summed E-state index contributed by atoms with van der Waals surface area (Å²) in [4.78, 5) is 14.6. The number of esters is 1. The number of fused-ring (bicyclic) bond motifs is 1. The van der Waals surface area contributed by atoms with Crippen molar-refractivity contribution < 1.29 is 9.53 Å². The van der Waals surface area contributed by atoms with Crippen LogP contribution in [0.5, 0.6) is 0 Å². The first-order valence-corrected chi connectivity index (χ1v) is 7.67. The zero-order chi connectivity index (χ0) is 15.5. The summed E-state index contributed by atoms with van der Waals surface area (Å²) in [7, 11) is 4.09. The molecule has 2 aromatic carbocycles. The highest BCUT2D eigenvalue weighted by atomic mass is 16.5. The van der Waals surface area contributed by atoms with Crippen LogP contribution >= 0.6 is 0 Å². The highest BCUT2D eigenvalue weighted by molar-refractivity contribution is 5.89. The fourth-order valence-corrected chi connectivity index (χ4v) is 3.13. The molecule has 1 aliphatic carbocycles. The zero-order valence-corrected chi connectivity index (χ0v) is 13.0. The van der Waals surface area contributed by atoms with Gasteiger partial charge < -0.3 is 9.64 Å². The number of nitrogens with zero attached hydrogens (tertiary/aromatic N) is 1. The third kappa shape index (κ3) is 2.90. The second kappa shape index (κ2) is 6.32. The molecule has 0 radical (unpaired) electrons. The second-order valence-corrected chi connectivity index (χ2v) is 5.96. The molecule has 3 heteroatoms. The summed E-state index contributed by atoms with van der Waals surface area (Å²) in [6, 6.07) is 17.7. The van der Waals surface area contributed by atoms with E-state index in [0.717, 1.165) is 18.4 Å². The maximum absolute atomic E-state index is 12.5. The lowest BCUT2D eigenvalue weighted by molar-refractivity contribution is 0.000620. The Balaban J connectivity index is 1.90. The van der Waals surface area contributed by atoms with Gasteiger partial charge in [0.25, 0.3) is 0 Å². The van der Waals surface area contributed by atoms with E-state index in [9.17, 15) is 4.79 Å². The molecule has 114 valence electrons. The molecule has 0 unspecified atom stereocenters. The van der Waals surface area contributed by atoms with Crippen molar-refractivity contribution in [1.29, 1.82) is 0 Å². The van der Waals surface area contributed by atoms with Gasteiger partial charge in [0.2, 0.25) is 0 Å². The van der Waals surface area contributed by atoms with Crippen LogP contribution in [0.3, 0.4) is 0 Å². The Kier molecular flexibility index (Phi) is 4.25. The first-order valence-electron chi connectivity index (χ1n) is 7.67. The predicted molar refractivity (Wildman–Crippen MR) is 86.8 cm³/mol. The largest absolute Gasteiger partial charge is 0.452 e. The molecule has 0 aliphatic heterocycles. The van der Waals surface area contributed by atoms with Gasteiger partial charge in [-0.15, -0.1) is 0 Å². The minimum atomic E-state index is -0.255. The van der Waals surface area contributed by atoms with Crippen molar-refractivity contribution in [1.82, 2.24) is 4.90 Å². The first-order chi connectivity index (χ1) is 10.7. The molecule has 0 fully saturated rings. The van der Waals surface area contributed by atoms with Gasteiger partial charge in [-0.3, -0.25) is 0 Å². The number of carbonyl (C=O) groups excluding carboxylic acids is 1. The summed E-state index contributed by atoms with van der Waals surface area (Å²) in [6.45, 7) is 0. The van der Waals surface area contributed by atoms with Gasteiger partial charge >= 0.3 is 5.97 Å². The van der Waals surface area contributed by atoms with Crippen molar-refractivity contribution >= 4 is 5.97 Å². The summed E-state index contributed by atoms with van der Waals surface area (Å²) >= 11 is 0. The van der Waals surface area contributed by atoms with Crippen LogP contribution in [-0.2, 0) is 11.2 Å². The van der Waals surface area contributed by atoms with Crippen molar-refractivity contribution in [3.05, 3.63) is 71.3 Å². The van der Waals surface area contributed by atoms with E-state index in [1.54, 1.807) is 12.1 Å². The van der Waals surface area contributed by atoms with Gasteiger partial charge in [-0.25, -0.2) is 4.79 Å². The average molecular weight is 295 g/mol. The standard InChI is InChI=1S/C19H21NO2/c1-20(2)17-13-12-14-8-6-7-11-16(14)18(17)22-19(21)15-9-4-3-5-10-15/h3-11,17-18H,12-13H2,1-2H3/t17-,18-/m1/s1.